The Kier molecular flexibility index (Phi) is 8.64. The Hall–Kier alpha value is -3.19. The van der Waals surface area contributed by atoms with E-state index in [0.29, 0.717) is 18.1 Å². The molecule has 3 aromatic carbocycles. The van der Waals surface area contributed by atoms with Gasteiger partial charge >= 0.3 is 0 Å². The van der Waals surface area contributed by atoms with Gasteiger partial charge in [-0.15, -0.1) is 0 Å². The Balaban J connectivity index is 1.46. The van der Waals surface area contributed by atoms with E-state index in [2.05, 4.69) is 6.08 Å². The molecule has 1 aliphatic rings. The summed E-state index contributed by atoms with van der Waals surface area (Å²) in [5.41, 5.74) is 0.330. The molecule has 3 aromatic rings. The van der Waals surface area contributed by atoms with E-state index in [1.54, 1.807) is 13.0 Å². The molecule has 196 valence electrons. The van der Waals surface area contributed by atoms with Gasteiger partial charge in [0.05, 0.1) is 19.3 Å². The third-order valence-corrected chi connectivity index (χ3v) is 6.69. The topological polar surface area (TPSA) is 18.5 Å². The smallest absolute Gasteiger partial charge is 0.201 e. The third-order valence-electron chi connectivity index (χ3n) is 6.69. The second kappa shape index (κ2) is 11.9. The largest absolute Gasteiger partial charge is 0.491 e. The third kappa shape index (κ3) is 5.87. The minimum atomic E-state index is -1.32. The lowest BCUT2D eigenvalue weighted by molar-refractivity contribution is -0.00541. The van der Waals surface area contributed by atoms with Gasteiger partial charge in [0, 0.05) is 17.0 Å². The fourth-order valence-electron chi connectivity index (χ4n) is 4.69. The van der Waals surface area contributed by atoms with Crippen molar-refractivity contribution in [3.63, 3.8) is 0 Å². The minimum absolute atomic E-state index is 0.0159. The maximum Gasteiger partial charge on any atom is 0.201 e. The van der Waals surface area contributed by atoms with Crippen molar-refractivity contribution in [2.75, 3.05) is 13.2 Å². The highest BCUT2D eigenvalue weighted by atomic mass is 19.2. The molecule has 0 aliphatic carbocycles. The first-order valence-electron chi connectivity index (χ1n) is 12.4. The SMILES string of the molecule is CC=CC1CCC(c2ccc(CCc3ccc(-c4ccc(OCC)c(F)c4F)c(F)c3F)c(F)c2)OC1. The first kappa shape index (κ1) is 26.9. The van der Waals surface area contributed by atoms with E-state index in [4.69, 9.17) is 9.47 Å². The van der Waals surface area contributed by atoms with Crippen molar-refractivity contribution < 1.29 is 31.4 Å². The molecule has 0 spiro atoms. The maximum absolute atomic E-state index is 14.9. The number of ether oxygens (including phenoxy) is 2. The Morgan fingerprint density at radius 1 is 0.838 bits per heavy atom. The van der Waals surface area contributed by atoms with Crippen molar-refractivity contribution in [3.8, 4) is 16.9 Å². The predicted molar refractivity (Wildman–Crippen MR) is 133 cm³/mol. The summed E-state index contributed by atoms with van der Waals surface area (Å²) < 4.78 is 84.2. The van der Waals surface area contributed by atoms with Crippen LogP contribution in [0.25, 0.3) is 11.1 Å². The molecule has 1 heterocycles. The normalized spacial score (nSPS) is 17.9. The van der Waals surface area contributed by atoms with E-state index in [1.165, 1.54) is 24.3 Å². The molecule has 0 amide bonds. The van der Waals surface area contributed by atoms with Gasteiger partial charge < -0.3 is 9.47 Å². The number of aryl methyl sites for hydroxylation is 2. The Bertz CT molecular complexity index is 1280. The summed E-state index contributed by atoms with van der Waals surface area (Å²) in [6.45, 7) is 4.30. The molecule has 2 nitrogen and oxygen atoms in total. The van der Waals surface area contributed by atoms with Gasteiger partial charge in [0.1, 0.15) is 5.82 Å². The lowest BCUT2D eigenvalue weighted by Crippen LogP contribution is -2.19. The van der Waals surface area contributed by atoms with Crippen molar-refractivity contribution in [3.05, 3.63) is 100 Å². The summed E-state index contributed by atoms with van der Waals surface area (Å²) >= 11 is 0. The summed E-state index contributed by atoms with van der Waals surface area (Å²) in [5.74, 6) is -5.41. The van der Waals surface area contributed by atoms with Crippen LogP contribution in [0.2, 0.25) is 0 Å². The van der Waals surface area contributed by atoms with Gasteiger partial charge in [-0.3, -0.25) is 0 Å². The second-order valence-corrected chi connectivity index (χ2v) is 9.11. The molecule has 7 heteroatoms. The van der Waals surface area contributed by atoms with E-state index < -0.39 is 40.2 Å². The highest BCUT2D eigenvalue weighted by Gasteiger charge is 2.23. The molecular weight excluding hydrogens is 487 g/mol. The van der Waals surface area contributed by atoms with E-state index in [-0.39, 0.29) is 36.9 Å². The molecule has 0 N–H and O–H groups in total. The summed E-state index contributed by atoms with van der Waals surface area (Å²) in [6.07, 6.45) is 5.88. The Morgan fingerprint density at radius 2 is 1.51 bits per heavy atom. The number of allylic oxidation sites excluding steroid dienone is 1. The minimum Gasteiger partial charge on any atom is -0.491 e. The van der Waals surface area contributed by atoms with Crippen LogP contribution in [0.1, 0.15) is 49.5 Å². The number of rotatable bonds is 8. The second-order valence-electron chi connectivity index (χ2n) is 9.11. The van der Waals surface area contributed by atoms with E-state index >= 15 is 0 Å². The monoisotopic (exact) mass is 516 g/mol. The number of halogens is 5. The van der Waals surface area contributed by atoms with Gasteiger partial charge in [-0.05, 0) is 74.4 Å². The van der Waals surface area contributed by atoms with E-state index in [0.717, 1.165) is 24.5 Å². The van der Waals surface area contributed by atoms with Crippen LogP contribution in [0.3, 0.4) is 0 Å². The zero-order valence-electron chi connectivity index (χ0n) is 20.8. The average molecular weight is 517 g/mol. The molecule has 37 heavy (non-hydrogen) atoms. The van der Waals surface area contributed by atoms with Crippen LogP contribution in [0.5, 0.6) is 5.75 Å². The standard InChI is InChI=1S/C30H29F5O2/c1-3-5-18-6-14-25(37-17-18)21-10-8-19(24(31)16-21)7-9-20-11-12-22(28(33)27(20)32)23-13-15-26(36-4-2)30(35)29(23)34/h3,5,8,10-13,15-16,18,25H,4,6-7,9,14,17H2,1-2H3. The summed E-state index contributed by atoms with van der Waals surface area (Å²) in [7, 11) is 0. The molecule has 1 saturated heterocycles. The number of benzene rings is 3. The predicted octanol–water partition coefficient (Wildman–Crippen LogP) is 8.28. The Morgan fingerprint density at radius 3 is 2.16 bits per heavy atom. The van der Waals surface area contributed by atoms with Gasteiger partial charge in [0.15, 0.2) is 23.2 Å². The van der Waals surface area contributed by atoms with Crippen LogP contribution in [0.4, 0.5) is 22.0 Å². The van der Waals surface area contributed by atoms with Crippen LogP contribution in [-0.2, 0) is 17.6 Å². The average Bonchev–Trinajstić information content (AvgIpc) is 2.90. The summed E-state index contributed by atoms with van der Waals surface area (Å²) in [5, 5.41) is 0. The first-order valence-corrected chi connectivity index (χ1v) is 12.4. The molecule has 4 rings (SSSR count). The van der Waals surface area contributed by atoms with E-state index in [1.807, 2.05) is 19.1 Å². The first-order chi connectivity index (χ1) is 17.8. The van der Waals surface area contributed by atoms with Gasteiger partial charge in [0.25, 0.3) is 0 Å². The van der Waals surface area contributed by atoms with Crippen LogP contribution in [0.15, 0.2) is 54.6 Å². The van der Waals surface area contributed by atoms with Crippen molar-refractivity contribution in [2.24, 2.45) is 5.92 Å². The quantitative estimate of drug-likeness (QED) is 0.222. The Labute approximate surface area is 213 Å². The molecule has 2 atom stereocenters. The zero-order valence-corrected chi connectivity index (χ0v) is 20.8. The highest BCUT2D eigenvalue weighted by Crippen LogP contribution is 2.34. The van der Waals surface area contributed by atoms with Crippen molar-refractivity contribution in [2.45, 2.75) is 45.6 Å². The van der Waals surface area contributed by atoms with E-state index in [9.17, 15) is 22.0 Å². The molecule has 1 fully saturated rings. The van der Waals surface area contributed by atoms with Gasteiger partial charge in [-0.2, -0.15) is 4.39 Å². The van der Waals surface area contributed by atoms with Crippen LogP contribution in [-0.4, -0.2) is 13.2 Å². The number of hydrogen-bond acceptors (Lipinski definition) is 2. The molecule has 0 radical (unpaired) electrons. The van der Waals surface area contributed by atoms with Gasteiger partial charge in [0.2, 0.25) is 5.82 Å². The summed E-state index contributed by atoms with van der Waals surface area (Å²) in [6, 6.07) is 9.73. The van der Waals surface area contributed by atoms with Crippen molar-refractivity contribution in [1.29, 1.82) is 0 Å². The van der Waals surface area contributed by atoms with Gasteiger partial charge in [-0.25, -0.2) is 17.6 Å². The lowest BCUT2D eigenvalue weighted by atomic mass is 9.93. The molecular formula is C30H29F5O2. The highest BCUT2D eigenvalue weighted by molar-refractivity contribution is 5.66. The molecule has 0 aromatic heterocycles. The fraction of sp³-hybridized carbons (Fsp3) is 0.333. The van der Waals surface area contributed by atoms with Crippen LogP contribution < -0.4 is 4.74 Å². The lowest BCUT2D eigenvalue weighted by Gasteiger charge is -2.28. The summed E-state index contributed by atoms with van der Waals surface area (Å²) in [4.78, 5) is 0. The van der Waals surface area contributed by atoms with Crippen molar-refractivity contribution in [1.82, 2.24) is 0 Å². The van der Waals surface area contributed by atoms with Gasteiger partial charge in [-0.1, -0.05) is 36.4 Å². The van der Waals surface area contributed by atoms with Crippen LogP contribution >= 0.6 is 0 Å². The molecule has 0 bridgehead atoms. The zero-order chi connectivity index (χ0) is 26.5. The molecule has 0 saturated carbocycles. The number of hydrogen-bond donors (Lipinski definition) is 0. The van der Waals surface area contributed by atoms with Crippen molar-refractivity contribution >= 4 is 0 Å². The van der Waals surface area contributed by atoms with Crippen LogP contribution in [0, 0.1) is 35.0 Å². The molecule has 2 unspecified atom stereocenters. The molecule has 1 aliphatic heterocycles. The fourth-order valence-corrected chi connectivity index (χ4v) is 4.69. The maximum atomic E-state index is 14.9.